The second-order valence-electron chi connectivity index (χ2n) is 6.82. The molecule has 0 atom stereocenters. The van der Waals surface area contributed by atoms with Gasteiger partial charge in [0.1, 0.15) is 5.56 Å². The van der Waals surface area contributed by atoms with Crippen molar-refractivity contribution in [2.75, 3.05) is 12.4 Å². The van der Waals surface area contributed by atoms with Gasteiger partial charge in [0.2, 0.25) is 5.55 Å². The van der Waals surface area contributed by atoms with Crippen molar-refractivity contribution in [1.82, 2.24) is 0 Å². The summed E-state index contributed by atoms with van der Waals surface area (Å²) in [4.78, 5) is 17.2. The molecule has 1 aromatic heterocycles. The van der Waals surface area contributed by atoms with E-state index in [1.807, 2.05) is 6.07 Å². The van der Waals surface area contributed by atoms with Crippen LogP contribution in [0.25, 0.3) is 11.0 Å². The van der Waals surface area contributed by atoms with Gasteiger partial charge in [0.05, 0.1) is 18.4 Å². The molecule has 0 saturated heterocycles. The van der Waals surface area contributed by atoms with Gasteiger partial charge >= 0.3 is 6.18 Å². The van der Waals surface area contributed by atoms with Crippen molar-refractivity contribution >= 4 is 28.3 Å². The second-order valence-corrected chi connectivity index (χ2v) is 6.82. The minimum atomic E-state index is -4.53. The van der Waals surface area contributed by atoms with E-state index < -0.39 is 17.6 Å². The molecule has 0 aliphatic rings. The number of hydrogen-bond acceptors (Lipinski definition) is 4. The summed E-state index contributed by atoms with van der Waals surface area (Å²) in [7, 11) is 1.46. The van der Waals surface area contributed by atoms with Crippen LogP contribution in [-0.2, 0) is 6.18 Å². The Morgan fingerprint density at radius 1 is 0.969 bits per heavy atom. The molecule has 4 aromatic rings. The molecule has 5 nitrogen and oxygen atoms in total. The number of rotatable bonds is 4. The lowest BCUT2D eigenvalue weighted by molar-refractivity contribution is -0.137. The number of anilines is 1. The zero-order valence-electron chi connectivity index (χ0n) is 16.8. The number of nitrogens with one attached hydrogen (secondary N) is 1. The van der Waals surface area contributed by atoms with Crippen LogP contribution in [0.4, 0.5) is 24.5 Å². The third kappa shape index (κ3) is 4.49. The van der Waals surface area contributed by atoms with Crippen molar-refractivity contribution < 1.29 is 27.1 Å². The van der Waals surface area contributed by atoms with E-state index in [0.29, 0.717) is 22.4 Å². The average molecular weight is 438 g/mol. The van der Waals surface area contributed by atoms with Gasteiger partial charge < -0.3 is 14.5 Å². The normalized spacial score (nSPS) is 12.1. The van der Waals surface area contributed by atoms with Gasteiger partial charge in [-0.25, -0.2) is 4.99 Å². The number of amides is 1. The van der Waals surface area contributed by atoms with E-state index in [1.165, 1.54) is 19.2 Å². The van der Waals surface area contributed by atoms with Crippen molar-refractivity contribution in [2.45, 2.75) is 6.18 Å². The molecule has 0 fully saturated rings. The second kappa shape index (κ2) is 8.58. The number of para-hydroxylation sites is 2. The standard InChI is InChI=1S/C24H17F3N2O3/c1-31-20-12-5-7-15-13-19(22(30)28-17-9-3-2-4-10-17)23(32-21(15)20)29-18-11-6-8-16(14-18)24(25,26)27/h2-14H,1H3,(H,28,30). The minimum absolute atomic E-state index is 0.00779. The van der Waals surface area contributed by atoms with Crippen molar-refractivity contribution in [3.8, 4) is 5.75 Å². The number of methoxy groups -OCH3 is 1. The Labute approximate surface area is 180 Å². The molecule has 0 saturated carbocycles. The molecule has 8 heteroatoms. The van der Waals surface area contributed by atoms with Crippen LogP contribution < -0.4 is 15.6 Å². The summed E-state index contributed by atoms with van der Waals surface area (Å²) < 4.78 is 50.5. The summed E-state index contributed by atoms with van der Waals surface area (Å²) in [6, 6.07) is 19.9. The molecule has 1 heterocycles. The average Bonchev–Trinajstić information content (AvgIpc) is 2.78. The minimum Gasteiger partial charge on any atom is -0.493 e. The molecule has 0 spiro atoms. The third-order valence-electron chi connectivity index (χ3n) is 4.64. The SMILES string of the molecule is COc1cccc2cc(C(=O)Nc3ccccc3)c(=Nc3cccc(C(F)(F)F)c3)oc12. The van der Waals surface area contributed by atoms with Crippen molar-refractivity contribution in [3.05, 3.63) is 95.5 Å². The number of nitrogens with zero attached hydrogens (tertiary/aromatic N) is 1. The van der Waals surface area contributed by atoms with E-state index in [0.717, 1.165) is 12.1 Å². The van der Waals surface area contributed by atoms with Crippen LogP contribution in [0.15, 0.2) is 88.3 Å². The van der Waals surface area contributed by atoms with Crippen LogP contribution in [0.2, 0.25) is 0 Å². The molecule has 0 aliphatic carbocycles. The number of benzene rings is 3. The van der Waals surface area contributed by atoms with Crippen LogP contribution in [0.5, 0.6) is 5.75 Å². The van der Waals surface area contributed by atoms with Crippen LogP contribution in [0.3, 0.4) is 0 Å². The topological polar surface area (TPSA) is 63.8 Å². The van der Waals surface area contributed by atoms with E-state index in [9.17, 15) is 18.0 Å². The first kappa shape index (κ1) is 21.2. The summed E-state index contributed by atoms with van der Waals surface area (Å²) in [6.07, 6.45) is -4.53. The molecule has 4 rings (SSSR count). The smallest absolute Gasteiger partial charge is 0.416 e. The Morgan fingerprint density at radius 3 is 2.44 bits per heavy atom. The van der Waals surface area contributed by atoms with Crippen LogP contribution in [0, 0.1) is 0 Å². The first-order valence-corrected chi connectivity index (χ1v) is 9.54. The van der Waals surface area contributed by atoms with Gasteiger partial charge in [-0.3, -0.25) is 4.79 Å². The molecule has 0 aliphatic heterocycles. The maximum absolute atomic E-state index is 13.1. The summed E-state index contributed by atoms with van der Waals surface area (Å²) in [5.41, 5.74) is -0.0778. The molecular formula is C24H17F3N2O3. The highest BCUT2D eigenvalue weighted by Gasteiger charge is 2.30. The van der Waals surface area contributed by atoms with Crippen molar-refractivity contribution in [2.24, 2.45) is 4.99 Å². The lowest BCUT2D eigenvalue weighted by Gasteiger charge is -2.09. The van der Waals surface area contributed by atoms with Crippen molar-refractivity contribution in [1.29, 1.82) is 0 Å². The predicted molar refractivity (Wildman–Crippen MR) is 114 cm³/mol. The van der Waals surface area contributed by atoms with E-state index in [2.05, 4.69) is 10.3 Å². The summed E-state index contributed by atoms with van der Waals surface area (Å²) in [6.45, 7) is 0. The quantitative estimate of drug-likeness (QED) is 0.429. The molecule has 0 unspecified atom stereocenters. The molecule has 3 aromatic carbocycles. The van der Waals surface area contributed by atoms with Crippen LogP contribution in [0.1, 0.15) is 15.9 Å². The lowest BCUT2D eigenvalue weighted by atomic mass is 10.1. The maximum Gasteiger partial charge on any atom is 0.416 e. The van der Waals surface area contributed by atoms with E-state index >= 15 is 0 Å². The molecule has 32 heavy (non-hydrogen) atoms. The third-order valence-corrected chi connectivity index (χ3v) is 4.64. The monoisotopic (exact) mass is 438 g/mol. The van der Waals surface area contributed by atoms with Crippen LogP contribution in [-0.4, -0.2) is 13.0 Å². The fraction of sp³-hybridized carbons (Fsp3) is 0.0833. The zero-order valence-corrected chi connectivity index (χ0v) is 16.8. The zero-order chi connectivity index (χ0) is 22.7. The molecule has 0 bridgehead atoms. The number of fused-ring (bicyclic) bond motifs is 1. The first-order valence-electron chi connectivity index (χ1n) is 9.54. The molecule has 162 valence electrons. The highest BCUT2D eigenvalue weighted by Crippen LogP contribution is 2.31. The largest absolute Gasteiger partial charge is 0.493 e. The van der Waals surface area contributed by atoms with Gasteiger partial charge in [-0.1, -0.05) is 36.4 Å². The van der Waals surface area contributed by atoms with Gasteiger partial charge in [0.15, 0.2) is 11.3 Å². The van der Waals surface area contributed by atoms with Gasteiger partial charge in [0.25, 0.3) is 5.91 Å². The Morgan fingerprint density at radius 2 is 1.72 bits per heavy atom. The Bertz CT molecular complexity index is 1350. The molecular weight excluding hydrogens is 421 g/mol. The molecule has 1 N–H and O–H groups in total. The lowest BCUT2D eigenvalue weighted by Crippen LogP contribution is -2.21. The summed E-state index contributed by atoms with van der Waals surface area (Å²) in [5.74, 6) is -0.117. The number of hydrogen-bond donors (Lipinski definition) is 1. The summed E-state index contributed by atoms with van der Waals surface area (Å²) >= 11 is 0. The van der Waals surface area contributed by atoms with E-state index in [1.54, 1.807) is 48.5 Å². The van der Waals surface area contributed by atoms with E-state index in [4.69, 9.17) is 9.15 Å². The van der Waals surface area contributed by atoms with Gasteiger partial charge in [-0.05, 0) is 42.5 Å². The first-order chi connectivity index (χ1) is 15.3. The number of carbonyl (C=O) groups is 1. The van der Waals surface area contributed by atoms with Gasteiger partial charge in [-0.2, -0.15) is 13.2 Å². The predicted octanol–water partition coefficient (Wildman–Crippen LogP) is 5.94. The fourth-order valence-corrected chi connectivity index (χ4v) is 3.12. The highest BCUT2D eigenvalue weighted by molar-refractivity contribution is 6.05. The Balaban J connectivity index is 1.90. The Kier molecular flexibility index (Phi) is 5.68. The molecule has 1 amide bonds. The fourth-order valence-electron chi connectivity index (χ4n) is 3.12. The van der Waals surface area contributed by atoms with Gasteiger partial charge in [-0.15, -0.1) is 0 Å². The van der Waals surface area contributed by atoms with Crippen molar-refractivity contribution in [3.63, 3.8) is 0 Å². The number of ether oxygens (including phenoxy) is 1. The maximum atomic E-state index is 13.1. The van der Waals surface area contributed by atoms with Crippen LogP contribution >= 0.6 is 0 Å². The molecule has 0 radical (unpaired) electrons. The Hall–Kier alpha value is -4.07. The number of carbonyl (C=O) groups excluding carboxylic acids is 1. The number of alkyl halides is 3. The number of halogens is 3. The van der Waals surface area contributed by atoms with E-state index in [-0.39, 0.29) is 16.8 Å². The highest BCUT2D eigenvalue weighted by atomic mass is 19.4. The van der Waals surface area contributed by atoms with Gasteiger partial charge in [0, 0.05) is 11.1 Å². The summed E-state index contributed by atoms with van der Waals surface area (Å²) in [5, 5.41) is 3.32.